The summed E-state index contributed by atoms with van der Waals surface area (Å²) in [6, 6.07) is 0. The van der Waals surface area contributed by atoms with Gasteiger partial charge in [-0.1, -0.05) is 6.92 Å². The number of rotatable bonds is 2. The number of hydrogen-bond acceptors (Lipinski definition) is 2. The first kappa shape index (κ1) is 7.73. The first-order chi connectivity index (χ1) is 4.69. The van der Waals surface area contributed by atoms with Gasteiger partial charge in [0.1, 0.15) is 0 Å². The van der Waals surface area contributed by atoms with Crippen molar-refractivity contribution in [2.75, 3.05) is 6.54 Å². The molecule has 0 aromatic heterocycles. The van der Waals surface area contributed by atoms with E-state index in [2.05, 4.69) is 5.32 Å². The second-order valence-corrected chi connectivity index (χ2v) is 3.14. The number of hydrogen-bond donors (Lipinski definition) is 1. The summed E-state index contributed by atoms with van der Waals surface area (Å²) in [5.74, 6) is 0.352. The van der Waals surface area contributed by atoms with Gasteiger partial charge in [0.25, 0.3) is 0 Å². The van der Waals surface area contributed by atoms with E-state index >= 15 is 0 Å². The average Bonchev–Trinajstić information content (AvgIpc) is 2.36. The number of carbonyl (C=O) groups is 1. The Kier molecular flexibility index (Phi) is 2.09. The van der Waals surface area contributed by atoms with Gasteiger partial charge in [0.05, 0.1) is 5.54 Å². The van der Waals surface area contributed by atoms with E-state index in [-0.39, 0.29) is 5.54 Å². The van der Waals surface area contributed by atoms with Crippen LogP contribution in [0.1, 0.15) is 33.1 Å². The van der Waals surface area contributed by atoms with Crippen molar-refractivity contribution in [1.29, 1.82) is 0 Å². The van der Waals surface area contributed by atoms with Crippen LogP contribution in [0.4, 0.5) is 0 Å². The molecule has 0 aromatic rings. The van der Waals surface area contributed by atoms with Crippen LogP contribution in [0.25, 0.3) is 0 Å². The molecule has 0 amide bonds. The Labute approximate surface area is 62.0 Å². The van der Waals surface area contributed by atoms with Crippen molar-refractivity contribution in [3.63, 3.8) is 0 Å². The predicted molar refractivity (Wildman–Crippen MR) is 40.9 cm³/mol. The molecule has 1 fully saturated rings. The topological polar surface area (TPSA) is 29.1 Å². The first-order valence-electron chi connectivity index (χ1n) is 3.97. The fourth-order valence-electron chi connectivity index (χ4n) is 1.52. The average molecular weight is 141 g/mol. The molecular weight excluding hydrogens is 126 g/mol. The van der Waals surface area contributed by atoms with Gasteiger partial charge in [-0.25, -0.2) is 0 Å². The second-order valence-electron chi connectivity index (χ2n) is 3.14. The van der Waals surface area contributed by atoms with Crippen molar-refractivity contribution in [1.82, 2.24) is 5.32 Å². The molecule has 1 aliphatic heterocycles. The molecule has 0 radical (unpaired) electrons. The number of Topliss-reactive ketones (excluding diaryl/α,β-unsaturated/α-hetero) is 1. The highest BCUT2D eigenvalue weighted by Gasteiger charge is 2.33. The van der Waals surface area contributed by atoms with E-state index in [9.17, 15) is 4.79 Å². The van der Waals surface area contributed by atoms with E-state index in [1.807, 2.05) is 13.8 Å². The molecule has 0 aromatic carbocycles. The molecule has 0 bridgehead atoms. The van der Waals surface area contributed by atoms with Crippen molar-refractivity contribution in [2.45, 2.75) is 38.6 Å². The van der Waals surface area contributed by atoms with Gasteiger partial charge in [-0.2, -0.15) is 0 Å². The number of ketones is 1. The molecule has 0 saturated carbocycles. The van der Waals surface area contributed by atoms with Gasteiger partial charge in [-0.3, -0.25) is 4.79 Å². The molecule has 1 heterocycles. The Hall–Kier alpha value is -0.370. The highest BCUT2D eigenvalue weighted by atomic mass is 16.1. The zero-order chi connectivity index (χ0) is 7.61. The van der Waals surface area contributed by atoms with E-state index in [0.717, 1.165) is 19.4 Å². The van der Waals surface area contributed by atoms with Crippen molar-refractivity contribution in [3.8, 4) is 0 Å². The Balaban J connectivity index is 2.58. The van der Waals surface area contributed by atoms with Crippen LogP contribution in [0.15, 0.2) is 0 Å². The summed E-state index contributed by atoms with van der Waals surface area (Å²) in [7, 11) is 0. The summed E-state index contributed by atoms with van der Waals surface area (Å²) in [6.07, 6.45) is 2.81. The molecule has 2 nitrogen and oxygen atoms in total. The summed E-state index contributed by atoms with van der Waals surface area (Å²) < 4.78 is 0. The van der Waals surface area contributed by atoms with Crippen LogP contribution in [-0.4, -0.2) is 17.9 Å². The number of carbonyl (C=O) groups excluding carboxylic acids is 1. The van der Waals surface area contributed by atoms with Crippen molar-refractivity contribution < 1.29 is 4.79 Å². The van der Waals surface area contributed by atoms with Gasteiger partial charge in [-0.15, -0.1) is 0 Å². The van der Waals surface area contributed by atoms with Crippen LogP contribution in [0.3, 0.4) is 0 Å². The Morgan fingerprint density at radius 1 is 1.70 bits per heavy atom. The molecule has 1 aliphatic rings. The SMILES string of the molecule is CCC(=O)[C@@]1(C)CCCN1. The molecular formula is C8H15NO. The molecule has 1 saturated heterocycles. The van der Waals surface area contributed by atoms with E-state index in [1.165, 1.54) is 0 Å². The molecule has 1 rings (SSSR count). The van der Waals surface area contributed by atoms with E-state index < -0.39 is 0 Å². The quantitative estimate of drug-likeness (QED) is 0.624. The lowest BCUT2D eigenvalue weighted by Gasteiger charge is -2.21. The lowest BCUT2D eigenvalue weighted by molar-refractivity contribution is -0.124. The summed E-state index contributed by atoms with van der Waals surface area (Å²) in [6.45, 7) is 4.93. The van der Waals surface area contributed by atoms with Crippen LogP contribution in [0.5, 0.6) is 0 Å². The fraction of sp³-hybridized carbons (Fsp3) is 0.875. The number of nitrogens with one attached hydrogen (secondary N) is 1. The maximum Gasteiger partial charge on any atom is 0.152 e. The zero-order valence-electron chi connectivity index (χ0n) is 6.74. The summed E-state index contributed by atoms with van der Waals surface area (Å²) in [4.78, 5) is 11.3. The fourth-order valence-corrected chi connectivity index (χ4v) is 1.52. The Bertz CT molecular complexity index is 136. The Morgan fingerprint density at radius 3 is 2.80 bits per heavy atom. The van der Waals surface area contributed by atoms with Crippen molar-refractivity contribution >= 4 is 5.78 Å². The minimum Gasteiger partial charge on any atom is -0.305 e. The van der Waals surface area contributed by atoms with E-state index in [0.29, 0.717) is 12.2 Å². The van der Waals surface area contributed by atoms with Crippen LogP contribution in [0.2, 0.25) is 0 Å². The maximum atomic E-state index is 11.3. The smallest absolute Gasteiger partial charge is 0.152 e. The largest absolute Gasteiger partial charge is 0.305 e. The zero-order valence-corrected chi connectivity index (χ0v) is 6.74. The monoisotopic (exact) mass is 141 g/mol. The van der Waals surface area contributed by atoms with Gasteiger partial charge in [0, 0.05) is 6.42 Å². The Morgan fingerprint density at radius 2 is 2.40 bits per heavy atom. The lowest BCUT2D eigenvalue weighted by Crippen LogP contribution is -2.44. The molecule has 0 aliphatic carbocycles. The minimum absolute atomic E-state index is 0.186. The normalized spacial score (nSPS) is 32.6. The van der Waals surface area contributed by atoms with Crippen LogP contribution in [0, 0.1) is 0 Å². The minimum atomic E-state index is -0.186. The predicted octanol–water partition coefficient (Wildman–Crippen LogP) is 1.11. The van der Waals surface area contributed by atoms with Crippen molar-refractivity contribution in [3.05, 3.63) is 0 Å². The van der Waals surface area contributed by atoms with Gasteiger partial charge in [-0.05, 0) is 26.3 Å². The molecule has 0 spiro atoms. The molecule has 1 atom stereocenters. The molecule has 58 valence electrons. The summed E-state index contributed by atoms with van der Waals surface area (Å²) in [5.41, 5.74) is -0.186. The van der Waals surface area contributed by atoms with Crippen LogP contribution >= 0.6 is 0 Å². The third-order valence-corrected chi connectivity index (χ3v) is 2.31. The lowest BCUT2D eigenvalue weighted by atomic mass is 9.93. The molecule has 1 N–H and O–H groups in total. The van der Waals surface area contributed by atoms with Crippen molar-refractivity contribution in [2.24, 2.45) is 0 Å². The first-order valence-corrected chi connectivity index (χ1v) is 3.97. The summed E-state index contributed by atoms with van der Waals surface area (Å²) >= 11 is 0. The molecule has 0 unspecified atom stereocenters. The second kappa shape index (κ2) is 2.70. The third-order valence-electron chi connectivity index (χ3n) is 2.31. The third kappa shape index (κ3) is 1.21. The van der Waals surface area contributed by atoms with E-state index in [4.69, 9.17) is 0 Å². The standard InChI is InChI=1S/C8H15NO/c1-3-7(10)8(2)5-4-6-9-8/h9H,3-6H2,1-2H3/t8-/m1/s1. The van der Waals surface area contributed by atoms with Gasteiger partial charge >= 0.3 is 0 Å². The van der Waals surface area contributed by atoms with Gasteiger partial charge < -0.3 is 5.32 Å². The van der Waals surface area contributed by atoms with Gasteiger partial charge in [0.2, 0.25) is 0 Å². The molecule has 10 heavy (non-hydrogen) atoms. The summed E-state index contributed by atoms with van der Waals surface area (Å²) in [5, 5.41) is 3.23. The van der Waals surface area contributed by atoms with E-state index in [1.54, 1.807) is 0 Å². The van der Waals surface area contributed by atoms with Crippen LogP contribution in [-0.2, 0) is 4.79 Å². The van der Waals surface area contributed by atoms with Gasteiger partial charge in [0.15, 0.2) is 5.78 Å². The highest BCUT2D eigenvalue weighted by Crippen LogP contribution is 2.20. The molecule has 2 heteroatoms. The van der Waals surface area contributed by atoms with Crippen LogP contribution < -0.4 is 5.32 Å². The highest BCUT2D eigenvalue weighted by molar-refractivity contribution is 5.87. The maximum absolute atomic E-state index is 11.3.